The SMILES string of the molecule is CCCNC(=O)C(C)Sc1nnc(-c2ccc(C(C)(C)C)cc2)n1C1CCCC1. The zero-order chi connectivity index (χ0) is 21.0. The van der Waals surface area contributed by atoms with Crippen LogP contribution in [0.3, 0.4) is 0 Å². The molecule has 0 spiro atoms. The van der Waals surface area contributed by atoms with E-state index >= 15 is 0 Å². The molecule has 5 nitrogen and oxygen atoms in total. The fourth-order valence-electron chi connectivity index (χ4n) is 3.77. The second-order valence-corrected chi connectivity index (χ2v) is 10.3. The van der Waals surface area contributed by atoms with Crippen molar-refractivity contribution >= 4 is 17.7 Å². The van der Waals surface area contributed by atoms with E-state index in [2.05, 4.69) is 72.0 Å². The minimum absolute atomic E-state index is 0.0638. The number of aromatic nitrogens is 3. The van der Waals surface area contributed by atoms with Gasteiger partial charge in [-0.1, -0.05) is 76.6 Å². The number of thioether (sulfide) groups is 1. The van der Waals surface area contributed by atoms with Crippen molar-refractivity contribution in [3.8, 4) is 11.4 Å². The van der Waals surface area contributed by atoms with Crippen molar-refractivity contribution in [1.29, 1.82) is 0 Å². The lowest BCUT2D eigenvalue weighted by Crippen LogP contribution is -2.31. The predicted octanol–water partition coefficient (Wildman–Crippen LogP) is 5.36. The van der Waals surface area contributed by atoms with E-state index in [-0.39, 0.29) is 16.6 Å². The maximum Gasteiger partial charge on any atom is 0.233 e. The number of nitrogens with zero attached hydrogens (tertiary/aromatic N) is 3. The molecule has 158 valence electrons. The molecular formula is C23H34N4OS. The van der Waals surface area contributed by atoms with E-state index in [1.807, 2.05) is 6.92 Å². The van der Waals surface area contributed by atoms with Gasteiger partial charge in [-0.2, -0.15) is 0 Å². The van der Waals surface area contributed by atoms with Crippen LogP contribution >= 0.6 is 11.8 Å². The van der Waals surface area contributed by atoms with E-state index in [9.17, 15) is 4.79 Å². The quantitative estimate of drug-likeness (QED) is 0.619. The normalized spacial score (nSPS) is 16.2. The van der Waals surface area contributed by atoms with Gasteiger partial charge in [-0.3, -0.25) is 9.36 Å². The van der Waals surface area contributed by atoms with Crippen LogP contribution in [-0.4, -0.2) is 32.5 Å². The maximum absolute atomic E-state index is 12.4. The average molecular weight is 415 g/mol. The molecule has 1 aromatic carbocycles. The molecule has 3 rings (SSSR count). The highest BCUT2D eigenvalue weighted by molar-refractivity contribution is 8.00. The van der Waals surface area contributed by atoms with Gasteiger partial charge < -0.3 is 5.32 Å². The number of hydrogen-bond donors (Lipinski definition) is 1. The number of carbonyl (C=O) groups is 1. The molecule has 0 aliphatic heterocycles. The summed E-state index contributed by atoms with van der Waals surface area (Å²) < 4.78 is 2.29. The highest BCUT2D eigenvalue weighted by Crippen LogP contribution is 2.38. The number of nitrogens with one attached hydrogen (secondary N) is 1. The van der Waals surface area contributed by atoms with Gasteiger partial charge in [0.05, 0.1) is 5.25 Å². The Hall–Kier alpha value is -1.82. The molecule has 29 heavy (non-hydrogen) atoms. The van der Waals surface area contributed by atoms with Gasteiger partial charge in [0.2, 0.25) is 5.91 Å². The van der Waals surface area contributed by atoms with Gasteiger partial charge >= 0.3 is 0 Å². The van der Waals surface area contributed by atoms with Crippen LogP contribution in [0.15, 0.2) is 29.4 Å². The van der Waals surface area contributed by atoms with Crippen molar-refractivity contribution in [2.75, 3.05) is 6.54 Å². The summed E-state index contributed by atoms with van der Waals surface area (Å²) >= 11 is 1.52. The molecule has 0 radical (unpaired) electrons. The predicted molar refractivity (Wildman–Crippen MR) is 120 cm³/mol. The molecule has 1 aliphatic carbocycles. The summed E-state index contributed by atoms with van der Waals surface area (Å²) in [7, 11) is 0. The van der Waals surface area contributed by atoms with Crippen molar-refractivity contribution < 1.29 is 4.79 Å². The number of hydrogen-bond acceptors (Lipinski definition) is 4. The summed E-state index contributed by atoms with van der Waals surface area (Å²) in [5.41, 5.74) is 2.52. The minimum Gasteiger partial charge on any atom is -0.355 e. The van der Waals surface area contributed by atoms with Crippen LogP contribution in [-0.2, 0) is 10.2 Å². The van der Waals surface area contributed by atoms with Crippen LogP contribution in [0.25, 0.3) is 11.4 Å². The van der Waals surface area contributed by atoms with E-state index in [1.54, 1.807) is 0 Å². The highest BCUT2D eigenvalue weighted by atomic mass is 32.2. The Kier molecular flexibility index (Phi) is 7.04. The van der Waals surface area contributed by atoms with Crippen LogP contribution in [0.2, 0.25) is 0 Å². The summed E-state index contributed by atoms with van der Waals surface area (Å²) in [5.74, 6) is 0.981. The molecule has 1 heterocycles. The molecule has 1 aromatic heterocycles. The second kappa shape index (κ2) is 9.33. The van der Waals surface area contributed by atoms with Gasteiger partial charge in [0.25, 0.3) is 0 Å². The standard InChI is InChI=1S/C23H34N4OS/c1-6-15-24-21(28)16(2)29-22-26-25-20(27(22)19-9-7-8-10-19)17-11-13-18(14-12-17)23(3,4)5/h11-14,16,19H,6-10,15H2,1-5H3,(H,24,28). The zero-order valence-electron chi connectivity index (χ0n) is 18.4. The van der Waals surface area contributed by atoms with Crippen LogP contribution < -0.4 is 5.32 Å². The van der Waals surface area contributed by atoms with Crippen molar-refractivity contribution in [3.63, 3.8) is 0 Å². The van der Waals surface area contributed by atoms with Gasteiger partial charge in [-0.15, -0.1) is 10.2 Å². The first-order valence-electron chi connectivity index (χ1n) is 10.8. The lowest BCUT2D eigenvalue weighted by atomic mass is 9.86. The maximum atomic E-state index is 12.4. The molecule has 1 unspecified atom stereocenters. The second-order valence-electron chi connectivity index (χ2n) is 8.99. The Morgan fingerprint density at radius 3 is 2.45 bits per heavy atom. The van der Waals surface area contributed by atoms with Gasteiger partial charge in [-0.05, 0) is 37.2 Å². The molecule has 0 bridgehead atoms. The molecular weight excluding hydrogens is 380 g/mol. The summed E-state index contributed by atoms with van der Waals surface area (Å²) in [6.07, 6.45) is 5.71. The van der Waals surface area contributed by atoms with E-state index in [1.165, 1.54) is 30.2 Å². The number of amides is 1. The summed E-state index contributed by atoms with van der Waals surface area (Å²) in [5, 5.41) is 12.7. The highest BCUT2D eigenvalue weighted by Gasteiger charge is 2.27. The third-order valence-corrected chi connectivity index (χ3v) is 6.62. The van der Waals surface area contributed by atoms with E-state index < -0.39 is 0 Å². The zero-order valence-corrected chi connectivity index (χ0v) is 19.2. The first-order valence-corrected chi connectivity index (χ1v) is 11.7. The fourth-order valence-corrected chi connectivity index (χ4v) is 4.71. The lowest BCUT2D eigenvalue weighted by Gasteiger charge is -2.20. The molecule has 6 heteroatoms. The van der Waals surface area contributed by atoms with Crippen LogP contribution in [0.5, 0.6) is 0 Å². The molecule has 1 atom stereocenters. The Morgan fingerprint density at radius 2 is 1.86 bits per heavy atom. The molecule has 1 fully saturated rings. The first-order chi connectivity index (χ1) is 13.8. The van der Waals surface area contributed by atoms with E-state index in [4.69, 9.17) is 0 Å². The smallest absolute Gasteiger partial charge is 0.233 e. The summed E-state index contributed by atoms with van der Waals surface area (Å²) in [4.78, 5) is 12.4. The summed E-state index contributed by atoms with van der Waals surface area (Å²) in [6, 6.07) is 9.10. The number of benzene rings is 1. The van der Waals surface area contributed by atoms with Crippen molar-refractivity contribution in [1.82, 2.24) is 20.1 Å². The Labute approximate surface area is 179 Å². The summed E-state index contributed by atoms with van der Waals surface area (Å²) in [6.45, 7) is 11.4. The van der Waals surface area contributed by atoms with Gasteiger partial charge in [0.1, 0.15) is 0 Å². The molecule has 1 aliphatic rings. The van der Waals surface area contributed by atoms with Gasteiger partial charge in [-0.25, -0.2) is 0 Å². The van der Waals surface area contributed by atoms with Gasteiger partial charge in [0, 0.05) is 18.2 Å². The largest absolute Gasteiger partial charge is 0.355 e. The fraction of sp³-hybridized carbons (Fsp3) is 0.609. The molecule has 0 saturated heterocycles. The lowest BCUT2D eigenvalue weighted by molar-refractivity contribution is -0.120. The Bertz CT molecular complexity index is 816. The van der Waals surface area contributed by atoms with Gasteiger partial charge in [0.15, 0.2) is 11.0 Å². The molecule has 1 saturated carbocycles. The van der Waals surface area contributed by atoms with Crippen molar-refractivity contribution in [2.45, 2.75) is 88.6 Å². The molecule has 2 aromatic rings. The third kappa shape index (κ3) is 5.21. The van der Waals surface area contributed by atoms with Crippen molar-refractivity contribution in [2.24, 2.45) is 0 Å². The monoisotopic (exact) mass is 414 g/mol. The van der Waals surface area contributed by atoms with Crippen LogP contribution in [0.4, 0.5) is 0 Å². The first kappa shape index (κ1) is 21.9. The average Bonchev–Trinajstić information content (AvgIpc) is 3.35. The Morgan fingerprint density at radius 1 is 1.21 bits per heavy atom. The van der Waals surface area contributed by atoms with E-state index in [0.717, 1.165) is 35.8 Å². The molecule has 1 N–H and O–H groups in total. The third-order valence-electron chi connectivity index (χ3n) is 5.56. The number of carbonyl (C=O) groups excluding carboxylic acids is 1. The number of rotatable bonds is 7. The Balaban J connectivity index is 1.89. The van der Waals surface area contributed by atoms with Crippen LogP contribution in [0.1, 0.15) is 78.3 Å². The van der Waals surface area contributed by atoms with E-state index in [0.29, 0.717) is 12.6 Å². The minimum atomic E-state index is -0.193. The van der Waals surface area contributed by atoms with Crippen molar-refractivity contribution in [3.05, 3.63) is 29.8 Å². The topological polar surface area (TPSA) is 59.8 Å². The van der Waals surface area contributed by atoms with Crippen LogP contribution in [0, 0.1) is 0 Å². The molecule has 1 amide bonds.